The van der Waals surface area contributed by atoms with Crippen molar-refractivity contribution in [1.82, 2.24) is 15.0 Å². The smallest absolute Gasteiger partial charge is 0.111 e. The molecule has 0 aliphatic carbocycles. The van der Waals surface area contributed by atoms with Crippen LogP contribution in [0.1, 0.15) is 5.82 Å². The predicted octanol–water partition coefficient (Wildman–Crippen LogP) is 1.08. The van der Waals surface area contributed by atoms with E-state index in [1.165, 1.54) is 0 Å². The van der Waals surface area contributed by atoms with Gasteiger partial charge in [-0.2, -0.15) is 11.8 Å². The maximum absolute atomic E-state index is 5.82. The average Bonchev–Trinajstić information content (AvgIpc) is 2.82. The van der Waals surface area contributed by atoms with Crippen LogP contribution in [-0.2, 0) is 18.2 Å². The van der Waals surface area contributed by atoms with Crippen molar-refractivity contribution in [2.75, 3.05) is 18.1 Å². The monoisotopic (exact) mass is 292 g/mol. The number of para-hydroxylation sites is 2. The number of benzene rings is 1. The van der Waals surface area contributed by atoms with Gasteiger partial charge in [0.2, 0.25) is 0 Å². The van der Waals surface area contributed by atoms with Crippen molar-refractivity contribution in [2.24, 2.45) is 12.9 Å². The van der Waals surface area contributed by atoms with Crippen LogP contribution in [0.5, 0.6) is 0 Å². The standard InChI is InChI=1S/C14H20N4OS/c1-18-12-5-3-2-4-10(12)16-14(18)8-11(17-15)13-9-20-7-6-19-13/h2-5,11,13,17H,6-9,15H2,1H3. The SMILES string of the molecule is Cn1c(CC(NN)C2CSCCO2)nc2ccccc21. The Morgan fingerprint density at radius 1 is 1.55 bits per heavy atom. The predicted molar refractivity (Wildman–Crippen MR) is 82.6 cm³/mol. The molecule has 0 radical (unpaired) electrons. The fourth-order valence-electron chi connectivity index (χ4n) is 2.61. The minimum Gasteiger partial charge on any atom is -0.375 e. The highest BCUT2D eigenvalue weighted by atomic mass is 32.2. The van der Waals surface area contributed by atoms with Crippen molar-refractivity contribution in [2.45, 2.75) is 18.6 Å². The van der Waals surface area contributed by atoms with E-state index in [9.17, 15) is 0 Å². The van der Waals surface area contributed by atoms with E-state index in [1.54, 1.807) is 0 Å². The number of hydrogen-bond acceptors (Lipinski definition) is 5. The van der Waals surface area contributed by atoms with Gasteiger partial charge in [0.25, 0.3) is 0 Å². The molecular weight excluding hydrogens is 272 g/mol. The van der Waals surface area contributed by atoms with Gasteiger partial charge in [-0.1, -0.05) is 12.1 Å². The number of thioether (sulfide) groups is 1. The number of nitrogens with one attached hydrogen (secondary N) is 1. The van der Waals surface area contributed by atoms with Crippen molar-refractivity contribution >= 4 is 22.8 Å². The van der Waals surface area contributed by atoms with Crippen LogP contribution in [0.2, 0.25) is 0 Å². The summed E-state index contributed by atoms with van der Waals surface area (Å²) in [7, 11) is 2.05. The second-order valence-corrected chi connectivity index (χ2v) is 6.19. The molecule has 5 nitrogen and oxygen atoms in total. The number of hydrazine groups is 1. The molecule has 1 aliphatic rings. The second kappa shape index (κ2) is 6.13. The third kappa shape index (κ3) is 2.69. The van der Waals surface area contributed by atoms with Gasteiger partial charge in [-0.25, -0.2) is 4.98 Å². The molecule has 6 heteroatoms. The number of aromatic nitrogens is 2. The summed E-state index contributed by atoms with van der Waals surface area (Å²) < 4.78 is 7.95. The van der Waals surface area contributed by atoms with E-state index < -0.39 is 0 Å². The van der Waals surface area contributed by atoms with Crippen molar-refractivity contribution in [3.8, 4) is 0 Å². The summed E-state index contributed by atoms with van der Waals surface area (Å²) >= 11 is 1.92. The summed E-state index contributed by atoms with van der Waals surface area (Å²) in [6.45, 7) is 0.802. The zero-order chi connectivity index (χ0) is 13.9. The number of rotatable bonds is 4. The van der Waals surface area contributed by atoms with E-state index in [0.717, 1.165) is 41.4 Å². The van der Waals surface area contributed by atoms with Gasteiger partial charge in [0, 0.05) is 25.0 Å². The molecule has 1 aromatic carbocycles. The lowest BCUT2D eigenvalue weighted by atomic mass is 10.1. The van der Waals surface area contributed by atoms with Gasteiger partial charge in [0.1, 0.15) is 5.82 Å². The molecule has 1 fully saturated rings. The zero-order valence-corrected chi connectivity index (χ0v) is 12.4. The van der Waals surface area contributed by atoms with E-state index in [1.807, 2.05) is 30.0 Å². The van der Waals surface area contributed by atoms with Crippen LogP contribution in [0, 0.1) is 0 Å². The van der Waals surface area contributed by atoms with E-state index in [0.29, 0.717) is 0 Å². The number of nitrogens with zero attached hydrogens (tertiary/aromatic N) is 2. The van der Waals surface area contributed by atoms with Gasteiger partial charge in [-0.3, -0.25) is 11.3 Å². The molecule has 2 atom stereocenters. The first-order valence-electron chi connectivity index (χ1n) is 6.85. The summed E-state index contributed by atoms with van der Waals surface area (Å²) in [5, 5.41) is 0. The first kappa shape index (κ1) is 13.9. The fraction of sp³-hybridized carbons (Fsp3) is 0.500. The molecule has 0 amide bonds. The van der Waals surface area contributed by atoms with Crippen molar-refractivity contribution in [1.29, 1.82) is 0 Å². The van der Waals surface area contributed by atoms with Crippen LogP contribution in [-0.4, -0.2) is 39.8 Å². The summed E-state index contributed by atoms with van der Waals surface area (Å²) in [4.78, 5) is 4.70. The second-order valence-electron chi connectivity index (χ2n) is 5.04. The first-order valence-corrected chi connectivity index (χ1v) is 8.01. The van der Waals surface area contributed by atoms with E-state index >= 15 is 0 Å². The van der Waals surface area contributed by atoms with Crippen molar-refractivity contribution < 1.29 is 4.74 Å². The van der Waals surface area contributed by atoms with E-state index in [2.05, 4.69) is 23.1 Å². The summed E-state index contributed by atoms with van der Waals surface area (Å²) in [5.74, 6) is 8.81. The number of ether oxygens (including phenoxy) is 1. The zero-order valence-electron chi connectivity index (χ0n) is 11.6. The highest BCUT2D eigenvalue weighted by molar-refractivity contribution is 7.99. The van der Waals surface area contributed by atoms with Crippen molar-refractivity contribution in [3.05, 3.63) is 30.1 Å². The number of aryl methyl sites for hydroxylation is 1. The number of fused-ring (bicyclic) bond motifs is 1. The average molecular weight is 292 g/mol. The maximum atomic E-state index is 5.82. The van der Waals surface area contributed by atoms with Crippen molar-refractivity contribution in [3.63, 3.8) is 0 Å². The molecule has 1 aromatic heterocycles. The summed E-state index contributed by atoms with van der Waals surface area (Å²) in [6, 6.07) is 8.27. The Kier molecular flexibility index (Phi) is 4.26. The molecule has 0 saturated carbocycles. The Labute approximate surface area is 122 Å². The van der Waals surface area contributed by atoms with Gasteiger partial charge in [0.05, 0.1) is 29.8 Å². The largest absolute Gasteiger partial charge is 0.375 e. The molecule has 2 unspecified atom stereocenters. The molecule has 2 aromatic rings. The quantitative estimate of drug-likeness (QED) is 0.652. The first-order chi connectivity index (χ1) is 9.79. The summed E-state index contributed by atoms with van der Waals surface area (Å²) in [6.07, 6.45) is 0.922. The van der Waals surface area contributed by atoms with Gasteiger partial charge < -0.3 is 9.30 Å². The minimum absolute atomic E-state index is 0.0957. The normalized spacial score (nSPS) is 21.2. The lowest BCUT2D eigenvalue weighted by molar-refractivity contribution is 0.0465. The lowest BCUT2D eigenvalue weighted by Crippen LogP contribution is -2.49. The van der Waals surface area contributed by atoms with Crippen LogP contribution in [0.4, 0.5) is 0 Å². The van der Waals surface area contributed by atoms with Crippen LogP contribution in [0.15, 0.2) is 24.3 Å². The molecule has 2 heterocycles. The Morgan fingerprint density at radius 2 is 2.40 bits per heavy atom. The third-order valence-electron chi connectivity index (χ3n) is 3.79. The van der Waals surface area contributed by atoms with Gasteiger partial charge >= 0.3 is 0 Å². The highest BCUT2D eigenvalue weighted by Gasteiger charge is 2.25. The fourth-order valence-corrected chi connectivity index (χ4v) is 3.55. The van der Waals surface area contributed by atoms with E-state index in [-0.39, 0.29) is 12.1 Å². The maximum Gasteiger partial charge on any atom is 0.111 e. The molecule has 108 valence electrons. The molecule has 1 saturated heterocycles. The third-order valence-corrected chi connectivity index (χ3v) is 4.81. The number of nitrogens with two attached hydrogens (primary N) is 1. The molecule has 1 aliphatic heterocycles. The van der Waals surface area contributed by atoms with Crippen LogP contribution < -0.4 is 11.3 Å². The molecule has 0 spiro atoms. The molecular formula is C14H20N4OS. The van der Waals surface area contributed by atoms with Gasteiger partial charge in [0.15, 0.2) is 0 Å². The van der Waals surface area contributed by atoms with Crippen LogP contribution in [0.3, 0.4) is 0 Å². The molecule has 20 heavy (non-hydrogen) atoms. The molecule has 3 N–H and O–H groups in total. The highest BCUT2D eigenvalue weighted by Crippen LogP contribution is 2.20. The van der Waals surface area contributed by atoms with Crippen LogP contribution >= 0.6 is 11.8 Å². The van der Waals surface area contributed by atoms with Crippen LogP contribution in [0.25, 0.3) is 11.0 Å². The van der Waals surface area contributed by atoms with Gasteiger partial charge in [-0.15, -0.1) is 0 Å². The number of hydrogen-bond donors (Lipinski definition) is 2. The topological polar surface area (TPSA) is 65.1 Å². The Bertz CT molecular complexity index is 580. The minimum atomic E-state index is 0.0957. The Morgan fingerprint density at radius 3 is 3.10 bits per heavy atom. The molecule has 3 rings (SSSR count). The van der Waals surface area contributed by atoms with E-state index in [4.69, 9.17) is 15.6 Å². The lowest BCUT2D eigenvalue weighted by Gasteiger charge is -2.29. The Hall–Kier alpha value is -1.08. The molecule has 0 bridgehead atoms. The Balaban J connectivity index is 1.81. The number of imidazole rings is 1. The van der Waals surface area contributed by atoms with Gasteiger partial charge in [-0.05, 0) is 12.1 Å². The summed E-state index contributed by atoms with van der Waals surface area (Å²) in [5.41, 5.74) is 5.08.